The fourth-order valence-corrected chi connectivity index (χ4v) is 4.17. The van der Waals surface area contributed by atoms with Gasteiger partial charge in [-0.1, -0.05) is 62.0 Å². The maximum absolute atomic E-state index is 12.5. The first-order chi connectivity index (χ1) is 15.0. The largest absolute Gasteiger partial charge is 0.360 e. The average molecular weight is 434 g/mol. The summed E-state index contributed by atoms with van der Waals surface area (Å²) in [6.07, 6.45) is 1.97. The number of thioether (sulfide) groups is 1. The fourth-order valence-electron chi connectivity index (χ4n) is 3.42. The summed E-state index contributed by atoms with van der Waals surface area (Å²) < 4.78 is 2.05. The number of hydrogen-bond acceptors (Lipinski definition) is 4. The van der Waals surface area contributed by atoms with Gasteiger partial charge in [0.05, 0.1) is 11.4 Å². The van der Waals surface area contributed by atoms with Gasteiger partial charge in [-0.15, -0.1) is 10.2 Å². The van der Waals surface area contributed by atoms with Crippen LogP contribution in [0.1, 0.15) is 26.3 Å². The molecule has 0 saturated heterocycles. The highest BCUT2D eigenvalue weighted by Crippen LogP contribution is 2.33. The van der Waals surface area contributed by atoms with Crippen LogP contribution in [0.2, 0.25) is 0 Å². The van der Waals surface area contributed by atoms with Crippen molar-refractivity contribution in [3.63, 3.8) is 0 Å². The molecule has 0 aliphatic carbocycles. The van der Waals surface area contributed by atoms with Gasteiger partial charge in [0.25, 0.3) is 0 Å². The second-order valence-electron chi connectivity index (χ2n) is 8.06. The molecule has 0 spiro atoms. The molecule has 4 aromatic rings. The summed E-state index contributed by atoms with van der Waals surface area (Å²) in [5, 5.41) is 13.8. The molecule has 0 bridgehead atoms. The van der Waals surface area contributed by atoms with E-state index in [1.54, 1.807) is 0 Å². The molecule has 160 valence electrons. The molecule has 2 aromatic carbocycles. The number of benzene rings is 2. The van der Waals surface area contributed by atoms with Crippen LogP contribution in [0, 0.1) is 12.8 Å². The van der Waals surface area contributed by atoms with Crippen LogP contribution in [-0.4, -0.2) is 37.5 Å². The van der Waals surface area contributed by atoms with Crippen molar-refractivity contribution in [2.24, 2.45) is 5.92 Å². The number of carbonyl (C=O) groups excluding carboxylic acids is 1. The van der Waals surface area contributed by atoms with Crippen molar-refractivity contribution in [3.8, 4) is 17.1 Å². The van der Waals surface area contributed by atoms with Crippen molar-refractivity contribution in [1.82, 2.24) is 25.1 Å². The second kappa shape index (κ2) is 8.98. The van der Waals surface area contributed by atoms with Gasteiger partial charge < -0.3 is 10.3 Å². The first-order valence-electron chi connectivity index (χ1n) is 10.5. The zero-order chi connectivity index (χ0) is 22.0. The zero-order valence-electron chi connectivity index (χ0n) is 18.2. The van der Waals surface area contributed by atoms with E-state index < -0.39 is 0 Å². The van der Waals surface area contributed by atoms with E-state index in [1.165, 1.54) is 11.8 Å². The third kappa shape index (κ3) is 4.37. The van der Waals surface area contributed by atoms with Crippen LogP contribution in [0.15, 0.2) is 59.9 Å². The molecule has 0 fully saturated rings. The third-order valence-electron chi connectivity index (χ3n) is 5.54. The third-order valence-corrected chi connectivity index (χ3v) is 6.47. The molecular weight excluding hydrogens is 406 g/mol. The number of hydrogen-bond donors (Lipinski definition) is 2. The molecule has 0 radical (unpaired) electrons. The molecular formula is C24H27N5OS. The smallest absolute Gasteiger partial charge is 0.230 e. The number of rotatable bonds is 7. The van der Waals surface area contributed by atoms with Gasteiger partial charge in [0.2, 0.25) is 5.91 Å². The summed E-state index contributed by atoms with van der Waals surface area (Å²) in [4.78, 5) is 15.8. The van der Waals surface area contributed by atoms with Crippen molar-refractivity contribution < 1.29 is 4.79 Å². The highest BCUT2D eigenvalue weighted by molar-refractivity contribution is 7.99. The molecule has 2 N–H and O–H groups in total. The van der Waals surface area contributed by atoms with Crippen LogP contribution < -0.4 is 5.32 Å². The minimum absolute atomic E-state index is 0.000761. The van der Waals surface area contributed by atoms with E-state index in [-0.39, 0.29) is 17.7 Å². The molecule has 1 unspecified atom stereocenters. The van der Waals surface area contributed by atoms with E-state index in [9.17, 15) is 4.79 Å². The Bertz CT molecular complexity index is 1210. The Labute approximate surface area is 186 Å². The molecule has 6 nitrogen and oxygen atoms in total. The summed E-state index contributed by atoms with van der Waals surface area (Å²) in [6, 6.07) is 16.4. The summed E-state index contributed by atoms with van der Waals surface area (Å²) >= 11 is 1.40. The Morgan fingerprint density at radius 1 is 1.10 bits per heavy atom. The normalized spacial score (nSPS) is 12.4. The number of para-hydroxylation sites is 2. The van der Waals surface area contributed by atoms with Gasteiger partial charge in [0.15, 0.2) is 11.0 Å². The monoisotopic (exact) mass is 433 g/mol. The number of aromatic nitrogens is 4. The first-order valence-corrected chi connectivity index (χ1v) is 11.4. The van der Waals surface area contributed by atoms with Gasteiger partial charge in [-0.25, -0.2) is 0 Å². The lowest BCUT2D eigenvalue weighted by atomic mass is 10.1. The predicted octanol–water partition coefficient (Wildman–Crippen LogP) is 4.98. The van der Waals surface area contributed by atoms with Crippen LogP contribution >= 0.6 is 11.8 Å². The Balaban J connectivity index is 1.72. The fraction of sp³-hybridized carbons (Fsp3) is 0.292. The van der Waals surface area contributed by atoms with Crippen LogP contribution in [0.5, 0.6) is 0 Å². The minimum Gasteiger partial charge on any atom is -0.360 e. The number of carbonyl (C=O) groups is 1. The number of nitrogens with zero attached hydrogens (tertiary/aromatic N) is 3. The van der Waals surface area contributed by atoms with E-state index >= 15 is 0 Å². The van der Waals surface area contributed by atoms with E-state index in [2.05, 4.69) is 64.0 Å². The average Bonchev–Trinajstić information content (AvgIpc) is 3.36. The summed E-state index contributed by atoms with van der Waals surface area (Å²) in [6.45, 7) is 8.29. The van der Waals surface area contributed by atoms with Crippen LogP contribution in [0.25, 0.3) is 28.0 Å². The minimum atomic E-state index is -0.000761. The highest BCUT2D eigenvalue weighted by Gasteiger charge is 2.21. The van der Waals surface area contributed by atoms with Gasteiger partial charge >= 0.3 is 0 Å². The molecule has 0 saturated carbocycles. The Hall–Kier alpha value is -3.06. The Morgan fingerprint density at radius 2 is 1.84 bits per heavy atom. The van der Waals surface area contributed by atoms with Crippen LogP contribution in [0.4, 0.5) is 0 Å². The van der Waals surface area contributed by atoms with E-state index in [4.69, 9.17) is 0 Å². The van der Waals surface area contributed by atoms with Crippen molar-refractivity contribution in [1.29, 1.82) is 0 Å². The van der Waals surface area contributed by atoms with E-state index in [0.29, 0.717) is 11.1 Å². The van der Waals surface area contributed by atoms with Crippen LogP contribution in [0.3, 0.4) is 0 Å². The number of fused-ring (bicyclic) bond motifs is 1. The van der Waals surface area contributed by atoms with Crippen molar-refractivity contribution in [2.45, 2.75) is 38.9 Å². The Morgan fingerprint density at radius 3 is 2.61 bits per heavy atom. The first kappa shape index (κ1) is 21.2. The lowest BCUT2D eigenvalue weighted by Crippen LogP contribution is -2.37. The number of aryl methyl sites for hydroxylation is 1. The highest BCUT2D eigenvalue weighted by atomic mass is 32.2. The molecule has 31 heavy (non-hydrogen) atoms. The standard InChI is InChI=1S/C24H27N5OS/c1-15(2)17(4)26-22(30)14-31-24-28-27-23(29(24)21-12-8-5-9-16(21)3)19-13-25-20-11-7-6-10-18(19)20/h5-13,15,17,25H,14H2,1-4H3,(H,26,30). The van der Waals surface area contributed by atoms with Gasteiger partial charge in [0.1, 0.15) is 0 Å². The molecule has 2 heterocycles. The quantitative estimate of drug-likeness (QED) is 0.403. The van der Waals surface area contributed by atoms with Crippen LogP contribution in [-0.2, 0) is 4.79 Å². The number of aromatic amines is 1. The van der Waals surface area contributed by atoms with Gasteiger partial charge in [-0.05, 0) is 37.5 Å². The topological polar surface area (TPSA) is 75.6 Å². The maximum Gasteiger partial charge on any atom is 0.230 e. The van der Waals surface area contributed by atoms with Gasteiger partial charge in [-0.3, -0.25) is 9.36 Å². The lowest BCUT2D eigenvalue weighted by Gasteiger charge is -2.17. The van der Waals surface area contributed by atoms with Crippen molar-refractivity contribution in [2.75, 3.05) is 5.75 Å². The zero-order valence-corrected chi connectivity index (χ0v) is 19.0. The number of nitrogens with one attached hydrogen (secondary N) is 2. The van der Waals surface area contributed by atoms with Crippen molar-refractivity contribution >= 4 is 28.6 Å². The summed E-state index contributed by atoms with van der Waals surface area (Å²) in [5.74, 6) is 1.43. The predicted molar refractivity (Wildman–Crippen MR) is 127 cm³/mol. The lowest BCUT2D eigenvalue weighted by molar-refractivity contribution is -0.119. The number of amides is 1. The molecule has 4 rings (SSSR count). The van der Waals surface area contributed by atoms with E-state index in [1.807, 2.05) is 43.5 Å². The summed E-state index contributed by atoms with van der Waals surface area (Å²) in [5.41, 5.74) is 4.15. The van der Waals surface area contributed by atoms with Gasteiger partial charge in [-0.2, -0.15) is 0 Å². The van der Waals surface area contributed by atoms with Gasteiger partial charge in [0, 0.05) is 28.7 Å². The Kier molecular flexibility index (Phi) is 6.13. The molecule has 1 amide bonds. The molecule has 1 atom stereocenters. The SMILES string of the molecule is Cc1ccccc1-n1c(SCC(=O)NC(C)C(C)C)nnc1-c1c[nH]c2ccccc12. The molecule has 0 aliphatic rings. The molecule has 0 aliphatic heterocycles. The molecule has 2 aromatic heterocycles. The van der Waals surface area contributed by atoms with Crippen molar-refractivity contribution in [3.05, 3.63) is 60.3 Å². The maximum atomic E-state index is 12.5. The number of H-pyrrole nitrogens is 1. The summed E-state index contributed by atoms with van der Waals surface area (Å²) in [7, 11) is 0. The second-order valence-corrected chi connectivity index (χ2v) is 9.01. The molecule has 7 heteroatoms. The van der Waals surface area contributed by atoms with E-state index in [0.717, 1.165) is 33.5 Å².